The SMILES string of the molecule is O=C(CN1CCOC(c2ccc(Cl)cc2)C1)NCc1ccc(Cl)cc1. The van der Waals surface area contributed by atoms with Gasteiger partial charge in [0, 0.05) is 29.7 Å². The molecular weight excluding hydrogens is 359 g/mol. The number of hydrogen-bond donors (Lipinski definition) is 1. The van der Waals surface area contributed by atoms with Crippen LogP contribution in [0.15, 0.2) is 48.5 Å². The highest BCUT2D eigenvalue weighted by atomic mass is 35.5. The third kappa shape index (κ3) is 5.44. The number of nitrogens with zero attached hydrogens (tertiary/aromatic N) is 1. The van der Waals surface area contributed by atoms with E-state index >= 15 is 0 Å². The zero-order valence-corrected chi connectivity index (χ0v) is 15.3. The molecule has 25 heavy (non-hydrogen) atoms. The molecule has 1 N–H and O–H groups in total. The molecule has 1 aliphatic rings. The molecule has 1 fully saturated rings. The van der Waals surface area contributed by atoms with Crippen molar-refractivity contribution in [3.8, 4) is 0 Å². The molecule has 132 valence electrons. The monoisotopic (exact) mass is 378 g/mol. The van der Waals surface area contributed by atoms with Crippen LogP contribution < -0.4 is 5.32 Å². The Kier molecular flexibility index (Phi) is 6.32. The lowest BCUT2D eigenvalue weighted by Gasteiger charge is -2.32. The molecule has 1 atom stereocenters. The summed E-state index contributed by atoms with van der Waals surface area (Å²) in [5, 5.41) is 4.34. The third-order valence-corrected chi connectivity index (χ3v) is 4.67. The maximum absolute atomic E-state index is 12.2. The van der Waals surface area contributed by atoms with Crippen LogP contribution in [-0.4, -0.2) is 37.0 Å². The van der Waals surface area contributed by atoms with E-state index in [1.54, 1.807) is 0 Å². The second-order valence-corrected chi connectivity index (χ2v) is 6.92. The third-order valence-electron chi connectivity index (χ3n) is 4.16. The quantitative estimate of drug-likeness (QED) is 0.862. The number of nitrogens with one attached hydrogen (secondary N) is 1. The Hall–Kier alpha value is -1.59. The van der Waals surface area contributed by atoms with Crippen LogP contribution in [0.4, 0.5) is 0 Å². The highest BCUT2D eigenvalue weighted by Gasteiger charge is 2.23. The molecule has 0 aromatic heterocycles. The highest BCUT2D eigenvalue weighted by Crippen LogP contribution is 2.23. The summed E-state index contributed by atoms with van der Waals surface area (Å²) in [5.41, 5.74) is 2.11. The lowest BCUT2D eigenvalue weighted by molar-refractivity contribution is -0.124. The molecule has 0 radical (unpaired) electrons. The number of carbonyl (C=O) groups excluding carboxylic acids is 1. The fraction of sp³-hybridized carbons (Fsp3) is 0.316. The molecule has 0 saturated carbocycles. The fourth-order valence-corrected chi connectivity index (χ4v) is 3.04. The summed E-state index contributed by atoms with van der Waals surface area (Å²) in [5.74, 6) is 0.00621. The first-order chi connectivity index (χ1) is 12.1. The molecule has 6 heteroatoms. The highest BCUT2D eigenvalue weighted by molar-refractivity contribution is 6.30. The van der Waals surface area contributed by atoms with Gasteiger partial charge in [0.05, 0.1) is 19.3 Å². The molecule has 1 unspecified atom stereocenters. The maximum Gasteiger partial charge on any atom is 0.234 e. The van der Waals surface area contributed by atoms with Crippen LogP contribution in [0.1, 0.15) is 17.2 Å². The Labute approximate surface area is 157 Å². The number of rotatable bonds is 5. The van der Waals surface area contributed by atoms with E-state index in [1.807, 2.05) is 48.5 Å². The smallest absolute Gasteiger partial charge is 0.234 e. The minimum absolute atomic E-state index is 0.00621. The van der Waals surface area contributed by atoms with E-state index in [0.717, 1.165) is 17.7 Å². The number of ether oxygens (including phenoxy) is 1. The molecule has 4 nitrogen and oxygen atoms in total. The number of hydrogen-bond acceptors (Lipinski definition) is 3. The summed E-state index contributed by atoms with van der Waals surface area (Å²) in [6.07, 6.45) is -0.0323. The normalized spacial score (nSPS) is 18.1. The lowest BCUT2D eigenvalue weighted by atomic mass is 10.1. The van der Waals surface area contributed by atoms with Crippen LogP contribution in [0.3, 0.4) is 0 Å². The van der Waals surface area contributed by atoms with Crippen LogP contribution >= 0.6 is 23.2 Å². The standard InChI is InChI=1S/C19H20Cl2N2O2/c20-16-5-1-14(2-6-16)11-22-19(24)13-23-9-10-25-18(12-23)15-3-7-17(21)8-4-15/h1-8,18H,9-13H2,(H,22,24). The molecule has 1 heterocycles. The zero-order chi connectivity index (χ0) is 17.6. The predicted molar refractivity (Wildman–Crippen MR) is 99.9 cm³/mol. The second-order valence-electron chi connectivity index (χ2n) is 6.05. The van der Waals surface area contributed by atoms with Crippen molar-refractivity contribution in [2.75, 3.05) is 26.2 Å². The Balaban J connectivity index is 1.49. The molecule has 1 saturated heterocycles. The minimum atomic E-state index is -0.0323. The fourth-order valence-electron chi connectivity index (χ4n) is 2.79. The van der Waals surface area contributed by atoms with Gasteiger partial charge in [-0.25, -0.2) is 0 Å². The predicted octanol–water partition coefficient (Wildman–Crippen LogP) is 3.68. The van der Waals surface area contributed by atoms with Gasteiger partial charge in [0.15, 0.2) is 0 Å². The van der Waals surface area contributed by atoms with Gasteiger partial charge in [-0.3, -0.25) is 9.69 Å². The van der Waals surface area contributed by atoms with E-state index in [0.29, 0.717) is 36.3 Å². The van der Waals surface area contributed by atoms with Crippen LogP contribution in [0, 0.1) is 0 Å². The Morgan fingerprint density at radius 1 is 1.08 bits per heavy atom. The Morgan fingerprint density at radius 2 is 1.72 bits per heavy atom. The van der Waals surface area contributed by atoms with Crippen LogP contribution in [0.5, 0.6) is 0 Å². The Morgan fingerprint density at radius 3 is 2.40 bits per heavy atom. The van der Waals surface area contributed by atoms with Gasteiger partial charge >= 0.3 is 0 Å². The first kappa shape index (κ1) is 18.2. The van der Waals surface area contributed by atoms with Crippen molar-refractivity contribution in [3.05, 3.63) is 69.7 Å². The molecule has 2 aromatic rings. The van der Waals surface area contributed by atoms with Crippen LogP contribution in [0.25, 0.3) is 0 Å². The van der Waals surface area contributed by atoms with Gasteiger partial charge < -0.3 is 10.1 Å². The van der Waals surface area contributed by atoms with Gasteiger partial charge in [0.25, 0.3) is 0 Å². The largest absolute Gasteiger partial charge is 0.371 e. The average Bonchev–Trinajstić information content (AvgIpc) is 2.62. The minimum Gasteiger partial charge on any atom is -0.371 e. The first-order valence-corrected chi connectivity index (χ1v) is 8.96. The molecule has 1 aliphatic heterocycles. The number of carbonyl (C=O) groups is 1. The zero-order valence-electron chi connectivity index (χ0n) is 13.8. The summed E-state index contributed by atoms with van der Waals surface area (Å²) in [4.78, 5) is 14.3. The van der Waals surface area contributed by atoms with Crippen molar-refractivity contribution in [1.29, 1.82) is 0 Å². The van der Waals surface area contributed by atoms with Crippen LogP contribution in [-0.2, 0) is 16.1 Å². The molecular formula is C19H20Cl2N2O2. The molecule has 0 aliphatic carbocycles. The second kappa shape index (κ2) is 8.68. The van der Waals surface area contributed by atoms with Gasteiger partial charge in [0.1, 0.15) is 0 Å². The average molecular weight is 379 g/mol. The van der Waals surface area contributed by atoms with Crippen molar-refractivity contribution in [1.82, 2.24) is 10.2 Å². The van der Waals surface area contributed by atoms with Gasteiger partial charge in [-0.15, -0.1) is 0 Å². The lowest BCUT2D eigenvalue weighted by Crippen LogP contribution is -2.44. The van der Waals surface area contributed by atoms with E-state index in [2.05, 4.69) is 10.2 Å². The van der Waals surface area contributed by atoms with Gasteiger partial charge in [0.2, 0.25) is 5.91 Å². The van der Waals surface area contributed by atoms with Gasteiger partial charge in [-0.1, -0.05) is 47.5 Å². The van der Waals surface area contributed by atoms with Crippen molar-refractivity contribution < 1.29 is 9.53 Å². The van der Waals surface area contributed by atoms with Crippen molar-refractivity contribution >= 4 is 29.1 Å². The first-order valence-electron chi connectivity index (χ1n) is 8.21. The van der Waals surface area contributed by atoms with E-state index in [4.69, 9.17) is 27.9 Å². The molecule has 1 amide bonds. The number of halogens is 2. The summed E-state index contributed by atoms with van der Waals surface area (Å²) < 4.78 is 5.83. The van der Waals surface area contributed by atoms with Gasteiger partial charge in [-0.2, -0.15) is 0 Å². The van der Waals surface area contributed by atoms with E-state index in [-0.39, 0.29) is 12.0 Å². The summed E-state index contributed by atoms with van der Waals surface area (Å²) >= 11 is 11.8. The van der Waals surface area contributed by atoms with Crippen molar-refractivity contribution in [3.63, 3.8) is 0 Å². The van der Waals surface area contributed by atoms with E-state index in [1.165, 1.54) is 0 Å². The topological polar surface area (TPSA) is 41.6 Å². The van der Waals surface area contributed by atoms with E-state index < -0.39 is 0 Å². The number of benzene rings is 2. The van der Waals surface area contributed by atoms with Gasteiger partial charge in [-0.05, 0) is 35.4 Å². The van der Waals surface area contributed by atoms with Crippen molar-refractivity contribution in [2.24, 2.45) is 0 Å². The number of amides is 1. The molecule has 3 rings (SSSR count). The van der Waals surface area contributed by atoms with E-state index in [9.17, 15) is 4.79 Å². The molecule has 0 bridgehead atoms. The van der Waals surface area contributed by atoms with Crippen molar-refractivity contribution in [2.45, 2.75) is 12.6 Å². The Bertz CT molecular complexity index is 704. The molecule has 0 spiro atoms. The summed E-state index contributed by atoms with van der Waals surface area (Å²) in [7, 11) is 0. The number of morpholine rings is 1. The van der Waals surface area contributed by atoms with Crippen LogP contribution in [0.2, 0.25) is 10.0 Å². The summed E-state index contributed by atoms with van der Waals surface area (Å²) in [6, 6.07) is 15.1. The summed E-state index contributed by atoms with van der Waals surface area (Å²) in [6.45, 7) is 2.91. The molecule has 2 aromatic carbocycles. The maximum atomic E-state index is 12.2.